The maximum absolute atomic E-state index is 13.5. The van der Waals surface area contributed by atoms with Crippen molar-refractivity contribution in [3.63, 3.8) is 0 Å². The number of thioether (sulfide) groups is 1. The van der Waals surface area contributed by atoms with Crippen molar-refractivity contribution < 1.29 is 14.3 Å². The first-order chi connectivity index (χ1) is 15.1. The molecule has 0 aliphatic carbocycles. The molecule has 31 heavy (non-hydrogen) atoms. The zero-order chi connectivity index (χ0) is 21.8. The van der Waals surface area contributed by atoms with Crippen LogP contribution in [0.2, 0.25) is 0 Å². The molecule has 1 saturated heterocycles. The lowest BCUT2D eigenvalue weighted by atomic mass is 10.0. The van der Waals surface area contributed by atoms with Crippen molar-refractivity contribution in [3.05, 3.63) is 66.1 Å². The fourth-order valence-corrected chi connectivity index (χ4v) is 4.89. The SMILES string of the molecule is COC(=O)c1cccnc1SC1CCC(C)N(C(=O)c2ccccc2-n2nccn2)C1. The Balaban J connectivity index is 1.56. The van der Waals surface area contributed by atoms with E-state index in [2.05, 4.69) is 22.1 Å². The molecule has 0 N–H and O–H groups in total. The van der Waals surface area contributed by atoms with Gasteiger partial charge in [0, 0.05) is 24.0 Å². The molecule has 3 aromatic rings. The van der Waals surface area contributed by atoms with Gasteiger partial charge >= 0.3 is 5.97 Å². The number of esters is 1. The normalized spacial score (nSPS) is 18.6. The smallest absolute Gasteiger partial charge is 0.340 e. The number of ether oxygens (including phenoxy) is 1. The summed E-state index contributed by atoms with van der Waals surface area (Å²) in [5, 5.41) is 9.10. The van der Waals surface area contributed by atoms with E-state index in [1.807, 2.05) is 23.1 Å². The lowest BCUT2D eigenvalue weighted by Crippen LogP contribution is -2.46. The Kier molecular flexibility index (Phi) is 6.31. The zero-order valence-corrected chi connectivity index (χ0v) is 18.2. The number of methoxy groups -OCH3 is 1. The monoisotopic (exact) mass is 437 g/mol. The summed E-state index contributed by atoms with van der Waals surface area (Å²) >= 11 is 1.52. The van der Waals surface area contributed by atoms with Gasteiger partial charge in [-0.1, -0.05) is 12.1 Å². The molecule has 2 aromatic heterocycles. The first kappa shape index (κ1) is 21.0. The van der Waals surface area contributed by atoms with Gasteiger partial charge in [0.2, 0.25) is 0 Å². The Morgan fingerprint density at radius 3 is 2.55 bits per heavy atom. The number of pyridine rings is 1. The summed E-state index contributed by atoms with van der Waals surface area (Å²) in [6, 6.07) is 10.9. The topological polar surface area (TPSA) is 90.2 Å². The second-order valence-electron chi connectivity index (χ2n) is 7.31. The molecule has 1 aliphatic rings. The number of nitrogens with zero attached hydrogens (tertiary/aromatic N) is 5. The van der Waals surface area contributed by atoms with E-state index in [1.165, 1.54) is 23.7 Å². The van der Waals surface area contributed by atoms with E-state index in [1.54, 1.807) is 36.8 Å². The van der Waals surface area contributed by atoms with E-state index < -0.39 is 5.97 Å². The van der Waals surface area contributed by atoms with Crippen LogP contribution in [0.25, 0.3) is 5.69 Å². The summed E-state index contributed by atoms with van der Waals surface area (Å²) in [4.78, 5) is 33.3. The highest BCUT2D eigenvalue weighted by Crippen LogP contribution is 2.33. The first-order valence-electron chi connectivity index (χ1n) is 10.0. The number of aromatic nitrogens is 4. The summed E-state index contributed by atoms with van der Waals surface area (Å²) in [5.41, 5.74) is 1.66. The largest absolute Gasteiger partial charge is 0.465 e. The van der Waals surface area contributed by atoms with Crippen LogP contribution in [0, 0.1) is 0 Å². The van der Waals surface area contributed by atoms with Gasteiger partial charge in [-0.2, -0.15) is 15.0 Å². The number of piperidine rings is 1. The van der Waals surface area contributed by atoms with Crippen LogP contribution < -0.4 is 0 Å². The maximum atomic E-state index is 13.5. The molecule has 0 radical (unpaired) electrons. The number of rotatable bonds is 5. The number of amides is 1. The zero-order valence-electron chi connectivity index (χ0n) is 17.3. The van der Waals surface area contributed by atoms with Crippen molar-refractivity contribution in [3.8, 4) is 5.69 Å². The Labute approximate surface area is 184 Å². The average Bonchev–Trinajstić information content (AvgIpc) is 3.34. The van der Waals surface area contributed by atoms with Gasteiger partial charge in [-0.15, -0.1) is 11.8 Å². The number of carbonyl (C=O) groups is 2. The lowest BCUT2D eigenvalue weighted by molar-refractivity contribution is 0.0593. The minimum Gasteiger partial charge on any atom is -0.465 e. The number of carbonyl (C=O) groups excluding carboxylic acids is 2. The number of hydrogen-bond acceptors (Lipinski definition) is 7. The Bertz CT molecular complexity index is 1070. The first-order valence-corrected chi connectivity index (χ1v) is 10.9. The molecule has 0 bridgehead atoms. The molecule has 2 atom stereocenters. The highest BCUT2D eigenvalue weighted by molar-refractivity contribution is 8.00. The van der Waals surface area contributed by atoms with Crippen molar-refractivity contribution in [2.24, 2.45) is 0 Å². The molecule has 1 aromatic carbocycles. The second kappa shape index (κ2) is 9.30. The van der Waals surface area contributed by atoms with Crippen molar-refractivity contribution in [1.82, 2.24) is 24.9 Å². The third-order valence-electron chi connectivity index (χ3n) is 5.32. The van der Waals surface area contributed by atoms with Crippen LogP contribution in [0.4, 0.5) is 0 Å². The number of para-hydroxylation sites is 1. The molecule has 2 unspecified atom stereocenters. The van der Waals surface area contributed by atoms with Crippen LogP contribution in [0.3, 0.4) is 0 Å². The third kappa shape index (κ3) is 4.46. The van der Waals surface area contributed by atoms with Crippen LogP contribution >= 0.6 is 11.8 Å². The van der Waals surface area contributed by atoms with Gasteiger partial charge in [0.1, 0.15) is 5.03 Å². The van der Waals surface area contributed by atoms with Crippen molar-refractivity contribution >= 4 is 23.6 Å². The van der Waals surface area contributed by atoms with E-state index >= 15 is 0 Å². The number of likely N-dealkylation sites (tertiary alicyclic amines) is 1. The molecule has 1 amide bonds. The predicted molar refractivity (Wildman–Crippen MR) is 116 cm³/mol. The van der Waals surface area contributed by atoms with Gasteiger partial charge in [0.15, 0.2) is 0 Å². The summed E-state index contributed by atoms with van der Waals surface area (Å²) in [6.07, 6.45) is 6.63. The molecule has 0 saturated carbocycles. The Morgan fingerprint density at radius 2 is 1.77 bits per heavy atom. The van der Waals surface area contributed by atoms with E-state index in [0.29, 0.717) is 28.4 Å². The molecule has 8 nitrogen and oxygen atoms in total. The standard InChI is InChI=1S/C22H23N5O3S/c1-15-9-10-16(31-20-18(22(29)30-2)7-5-11-23-20)14-26(15)21(28)17-6-3-4-8-19(17)27-24-12-13-25-27/h3-8,11-13,15-16H,9-10,14H2,1-2H3. The summed E-state index contributed by atoms with van der Waals surface area (Å²) in [5.74, 6) is -0.465. The molecule has 4 rings (SSSR count). The average molecular weight is 438 g/mol. The van der Waals surface area contributed by atoms with E-state index in [0.717, 1.165) is 12.8 Å². The fraction of sp³-hybridized carbons (Fsp3) is 0.318. The summed E-state index contributed by atoms with van der Waals surface area (Å²) < 4.78 is 4.88. The van der Waals surface area contributed by atoms with Crippen LogP contribution in [0.5, 0.6) is 0 Å². The minimum absolute atomic E-state index is 0.0556. The van der Waals surface area contributed by atoms with E-state index in [4.69, 9.17) is 4.74 Å². The molecule has 1 fully saturated rings. The van der Waals surface area contributed by atoms with Gasteiger partial charge in [0.05, 0.1) is 36.3 Å². The Morgan fingerprint density at radius 1 is 1.03 bits per heavy atom. The van der Waals surface area contributed by atoms with Crippen LogP contribution in [0.1, 0.15) is 40.5 Å². The molecule has 3 heterocycles. The summed E-state index contributed by atoms with van der Waals surface area (Å²) in [6.45, 7) is 2.62. The number of benzene rings is 1. The van der Waals surface area contributed by atoms with Gasteiger partial charge in [-0.3, -0.25) is 4.79 Å². The molecule has 160 valence electrons. The highest BCUT2D eigenvalue weighted by Gasteiger charge is 2.32. The van der Waals surface area contributed by atoms with Crippen molar-refractivity contribution in [2.45, 2.75) is 36.1 Å². The lowest BCUT2D eigenvalue weighted by Gasteiger charge is -2.38. The highest BCUT2D eigenvalue weighted by atomic mass is 32.2. The number of hydrogen-bond donors (Lipinski definition) is 0. The van der Waals surface area contributed by atoms with Crippen LogP contribution in [0.15, 0.2) is 60.0 Å². The van der Waals surface area contributed by atoms with Crippen LogP contribution in [-0.4, -0.2) is 61.7 Å². The Hall–Kier alpha value is -3.20. The molecular formula is C22H23N5O3S. The predicted octanol–water partition coefficient (Wildman–Crippen LogP) is 3.23. The quantitative estimate of drug-likeness (QED) is 0.566. The van der Waals surface area contributed by atoms with Gasteiger partial charge in [-0.25, -0.2) is 9.78 Å². The van der Waals surface area contributed by atoms with Gasteiger partial charge in [-0.05, 0) is 44.0 Å². The van der Waals surface area contributed by atoms with E-state index in [-0.39, 0.29) is 17.2 Å². The fourth-order valence-electron chi connectivity index (χ4n) is 3.68. The third-order valence-corrected chi connectivity index (χ3v) is 6.59. The minimum atomic E-state index is -0.409. The van der Waals surface area contributed by atoms with Crippen molar-refractivity contribution in [2.75, 3.05) is 13.7 Å². The van der Waals surface area contributed by atoms with E-state index in [9.17, 15) is 9.59 Å². The van der Waals surface area contributed by atoms with Gasteiger partial charge < -0.3 is 9.64 Å². The summed E-state index contributed by atoms with van der Waals surface area (Å²) in [7, 11) is 1.36. The van der Waals surface area contributed by atoms with Crippen LogP contribution in [-0.2, 0) is 4.74 Å². The van der Waals surface area contributed by atoms with Gasteiger partial charge in [0.25, 0.3) is 5.91 Å². The maximum Gasteiger partial charge on any atom is 0.340 e. The molecule has 9 heteroatoms. The molecular weight excluding hydrogens is 414 g/mol. The second-order valence-corrected chi connectivity index (χ2v) is 8.60. The molecule has 1 aliphatic heterocycles. The van der Waals surface area contributed by atoms with Crippen molar-refractivity contribution in [1.29, 1.82) is 0 Å². The molecule has 0 spiro atoms.